The lowest BCUT2D eigenvalue weighted by molar-refractivity contribution is 0.318. The highest BCUT2D eigenvalue weighted by Gasteiger charge is 2.06. The van der Waals surface area contributed by atoms with Crippen LogP contribution in [-0.4, -0.2) is 35.3 Å². The van der Waals surface area contributed by atoms with Gasteiger partial charge in [0.2, 0.25) is 5.13 Å². The molecule has 2 aromatic rings. The highest BCUT2D eigenvalue weighted by Crippen LogP contribution is 2.29. The van der Waals surface area contributed by atoms with E-state index in [1.54, 1.807) is 23.1 Å². The molecule has 20 heavy (non-hydrogen) atoms. The second-order valence-electron chi connectivity index (χ2n) is 4.22. The van der Waals surface area contributed by atoms with E-state index >= 15 is 0 Å². The average molecular weight is 309 g/mol. The number of nitrogens with zero attached hydrogens (tertiary/aromatic N) is 4. The molecule has 0 saturated carbocycles. The zero-order chi connectivity index (χ0) is 14.5. The minimum Gasteiger partial charge on any atom is -0.409 e. The summed E-state index contributed by atoms with van der Waals surface area (Å²) in [6, 6.07) is 7.56. The van der Waals surface area contributed by atoms with E-state index < -0.39 is 0 Å². The third-order valence-electron chi connectivity index (χ3n) is 2.50. The number of hydrogen-bond donors (Lipinski definition) is 2. The van der Waals surface area contributed by atoms with Crippen LogP contribution in [0.1, 0.15) is 11.1 Å². The first-order chi connectivity index (χ1) is 9.60. The van der Waals surface area contributed by atoms with Crippen LogP contribution in [0, 0.1) is 0 Å². The van der Waals surface area contributed by atoms with Crippen LogP contribution in [0.2, 0.25) is 0 Å². The fourth-order valence-electron chi connectivity index (χ4n) is 1.42. The molecule has 8 heteroatoms. The maximum Gasteiger partial charge on any atom is 0.208 e. The largest absolute Gasteiger partial charge is 0.409 e. The molecule has 0 fully saturated rings. The van der Waals surface area contributed by atoms with E-state index in [4.69, 9.17) is 10.9 Å². The van der Waals surface area contributed by atoms with Crippen LogP contribution < -0.4 is 10.6 Å². The van der Waals surface area contributed by atoms with Crippen LogP contribution >= 0.6 is 23.1 Å². The summed E-state index contributed by atoms with van der Waals surface area (Å²) in [6.45, 7) is 0. The van der Waals surface area contributed by atoms with Crippen molar-refractivity contribution < 1.29 is 5.21 Å². The zero-order valence-electron chi connectivity index (χ0n) is 11.1. The van der Waals surface area contributed by atoms with Crippen LogP contribution in [0.15, 0.2) is 33.8 Å². The van der Waals surface area contributed by atoms with Gasteiger partial charge in [0.15, 0.2) is 10.2 Å². The quantitative estimate of drug-likeness (QED) is 0.289. The molecular weight excluding hydrogens is 294 g/mol. The van der Waals surface area contributed by atoms with Gasteiger partial charge in [0.05, 0.1) is 0 Å². The Balaban J connectivity index is 1.96. The van der Waals surface area contributed by atoms with Crippen LogP contribution in [-0.2, 0) is 5.75 Å². The van der Waals surface area contributed by atoms with Gasteiger partial charge in [-0.1, -0.05) is 52.5 Å². The van der Waals surface area contributed by atoms with Crippen LogP contribution in [0.4, 0.5) is 5.13 Å². The molecule has 0 aliphatic heterocycles. The molecule has 0 saturated heterocycles. The van der Waals surface area contributed by atoms with Gasteiger partial charge in [0, 0.05) is 25.4 Å². The highest BCUT2D eigenvalue weighted by molar-refractivity contribution is 8.00. The number of benzene rings is 1. The monoisotopic (exact) mass is 309 g/mol. The topological polar surface area (TPSA) is 87.6 Å². The summed E-state index contributed by atoms with van der Waals surface area (Å²) in [6.07, 6.45) is 0. The fraction of sp³-hybridized carbons (Fsp3) is 0.250. The van der Waals surface area contributed by atoms with E-state index in [0.29, 0.717) is 5.56 Å². The van der Waals surface area contributed by atoms with E-state index in [-0.39, 0.29) is 5.84 Å². The molecule has 0 atom stereocenters. The van der Waals surface area contributed by atoms with Crippen molar-refractivity contribution in [1.82, 2.24) is 10.2 Å². The number of anilines is 1. The van der Waals surface area contributed by atoms with Gasteiger partial charge in [-0.05, 0) is 5.56 Å². The zero-order valence-corrected chi connectivity index (χ0v) is 12.8. The Morgan fingerprint density at radius 1 is 1.35 bits per heavy atom. The van der Waals surface area contributed by atoms with Crippen molar-refractivity contribution in [1.29, 1.82) is 0 Å². The standard InChI is InChI=1S/C12H15N5OS2/c1-17(2)11-14-15-12(20-11)19-7-8-3-5-9(6-4-8)10(13)16-18/h3-6,18H,7H2,1-2H3,(H2,13,16). The number of oxime groups is 1. The summed E-state index contributed by atoms with van der Waals surface area (Å²) in [5.74, 6) is 0.919. The second-order valence-corrected chi connectivity index (χ2v) is 6.39. The van der Waals surface area contributed by atoms with Crippen molar-refractivity contribution in [2.24, 2.45) is 10.9 Å². The van der Waals surface area contributed by atoms with Gasteiger partial charge in [0.25, 0.3) is 0 Å². The van der Waals surface area contributed by atoms with Crippen LogP contribution in [0.25, 0.3) is 0 Å². The molecule has 1 aromatic heterocycles. The van der Waals surface area contributed by atoms with Crippen molar-refractivity contribution >= 4 is 34.1 Å². The smallest absolute Gasteiger partial charge is 0.208 e. The lowest BCUT2D eigenvalue weighted by Crippen LogP contribution is -2.12. The van der Waals surface area contributed by atoms with Gasteiger partial charge in [-0.15, -0.1) is 10.2 Å². The Bertz CT molecular complexity index is 594. The van der Waals surface area contributed by atoms with Gasteiger partial charge >= 0.3 is 0 Å². The van der Waals surface area contributed by atoms with E-state index in [2.05, 4.69) is 15.4 Å². The molecule has 1 aromatic carbocycles. The Morgan fingerprint density at radius 2 is 2.05 bits per heavy atom. The summed E-state index contributed by atoms with van der Waals surface area (Å²) in [5.41, 5.74) is 7.36. The lowest BCUT2D eigenvalue weighted by Gasteiger charge is -2.04. The second kappa shape index (κ2) is 6.58. The van der Waals surface area contributed by atoms with Crippen LogP contribution in [0.3, 0.4) is 0 Å². The van der Waals surface area contributed by atoms with Crippen molar-refractivity contribution in [2.75, 3.05) is 19.0 Å². The van der Waals surface area contributed by atoms with Crippen LogP contribution in [0.5, 0.6) is 0 Å². The number of thioether (sulfide) groups is 1. The molecular formula is C12H15N5OS2. The Kier molecular flexibility index (Phi) is 4.80. The minimum absolute atomic E-state index is 0.115. The number of amidine groups is 1. The third kappa shape index (κ3) is 3.61. The first-order valence-corrected chi connectivity index (χ1v) is 7.61. The number of rotatable bonds is 5. The van der Waals surface area contributed by atoms with Gasteiger partial charge in [-0.3, -0.25) is 0 Å². The summed E-state index contributed by atoms with van der Waals surface area (Å²) in [7, 11) is 3.89. The molecule has 1 heterocycles. The van der Waals surface area contributed by atoms with E-state index in [9.17, 15) is 0 Å². The average Bonchev–Trinajstić information content (AvgIpc) is 2.94. The van der Waals surface area contributed by atoms with Gasteiger partial charge in [-0.2, -0.15) is 0 Å². The maximum atomic E-state index is 8.60. The van der Waals surface area contributed by atoms with E-state index in [1.165, 1.54) is 0 Å². The molecule has 0 amide bonds. The van der Waals surface area contributed by atoms with Gasteiger partial charge in [-0.25, -0.2) is 0 Å². The first kappa shape index (κ1) is 14.6. The fourth-order valence-corrected chi connectivity index (χ4v) is 3.14. The van der Waals surface area contributed by atoms with Gasteiger partial charge < -0.3 is 15.8 Å². The predicted octanol–water partition coefficient (Wildman–Crippen LogP) is 1.99. The van der Waals surface area contributed by atoms with Crippen molar-refractivity contribution in [3.63, 3.8) is 0 Å². The third-order valence-corrected chi connectivity index (χ3v) is 4.79. The molecule has 0 unspecified atom stereocenters. The number of hydrogen-bond acceptors (Lipinski definition) is 7. The molecule has 6 nitrogen and oxygen atoms in total. The molecule has 106 valence electrons. The summed E-state index contributed by atoms with van der Waals surface area (Å²) < 4.78 is 0.939. The first-order valence-electron chi connectivity index (χ1n) is 5.80. The molecule has 2 rings (SSSR count). The van der Waals surface area contributed by atoms with Gasteiger partial charge in [0.1, 0.15) is 0 Å². The normalized spacial score (nSPS) is 11.6. The van der Waals surface area contributed by atoms with Crippen molar-refractivity contribution in [2.45, 2.75) is 10.1 Å². The van der Waals surface area contributed by atoms with E-state index in [1.807, 2.05) is 43.3 Å². The minimum atomic E-state index is 0.115. The SMILES string of the molecule is CN(C)c1nnc(SCc2ccc(C(N)=NO)cc2)s1. The highest BCUT2D eigenvalue weighted by atomic mass is 32.2. The lowest BCUT2D eigenvalue weighted by atomic mass is 10.1. The Labute approximate surface area is 125 Å². The van der Waals surface area contributed by atoms with Crippen molar-refractivity contribution in [3.8, 4) is 0 Å². The molecule has 0 bridgehead atoms. The molecule has 0 spiro atoms. The Morgan fingerprint density at radius 3 is 2.60 bits per heavy atom. The summed E-state index contributed by atoms with van der Waals surface area (Å²) >= 11 is 3.21. The molecule has 0 aliphatic carbocycles. The maximum absolute atomic E-state index is 8.60. The molecule has 0 aliphatic rings. The predicted molar refractivity (Wildman–Crippen MR) is 82.7 cm³/mol. The number of aromatic nitrogens is 2. The Hall–Kier alpha value is -1.80. The molecule has 0 radical (unpaired) electrons. The molecule has 3 N–H and O–H groups in total. The summed E-state index contributed by atoms with van der Waals surface area (Å²) in [5, 5.41) is 20.7. The van der Waals surface area contributed by atoms with E-state index in [0.717, 1.165) is 20.8 Å². The number of nitrogens with two attached hydrogens (primary N) is 1. The summed E-state index contributed by atoms with van der Waals surface area (Å²) in [4.78, 5) is 1.94. The van der Waals surface area contributed by atoms with Crippen molar-refractivity contribution in [3.05, 3.63) is 35.4 Å².